The second kappa shape index (κ2) is 4.79. The monoisotopic (exact) mass is 213 g/mol. The number of nitrogens with zero attached hydrogens (tertiary/aromatic N) is 2. The topological polar surface area (TPSA) is 64.9 Å². The van der Waals surface area contributed by atoms with Crippen molar-refractivity contribution in [2.24, 2.45) is 5.73 Å². The zero-order chi connectivity index (χ0) is 9.80. The predicted octanol–water partition coefficient (Wildman–Crippen LogP) is 1.18. The van der Waals surface area contributed by atoms with E-state index in [4.69, 9.17) is 10.3 Å². The van der Waals surface area contributed by atoms with Gasteiger partial charge >= 0.3 is 0 Å². The number of hydrogen-bond acceptors (Lipinski definition) is 5. The van der Waals surface area contributed by atoms with Gasteiger partial charge in [0.25, 0.3) is 0 Å². The lowest BCUT2D eigenvalue weighted by Crippen LogP contribution is -2.01. The first kappa shape index (κ1) is 9.98. The van der Waals surface area contributed by atoms with Crippen LogP contribution in [0.5, 0.6) is 0 Å². The van der Waals surface area contributed by atoms with Crippen molar-refractivity contribution < 1.29 is 4.52 Å². The number of nitrogens with two attached hydrogens (primary N) is 1. The predicted molar refractivity (Wildman–Crippen MR) is 56.4 cm³/mol. The van der Waals surface area contributed by atoms with Gasteiger partial charge in [-0.15, -0.1) is 0 Å². The minimum Gasteiger partial charge on any atom is -0.339 e. The molecule has 0 bridgehead atoms. The average Bonchev–Trinajstić information content (AvgIpc) is 2.85. The molecule has 1 unspecified atom stereocenters. The Morgan fingerprint density at radius 1 is 1.57 bits per heavy atom. The summed E-state index contributed by atoms with van der Waals surface area (Å²) in [4.78, 5) is 4.38. The van der Waals surface area contributed by atoms with Crippen molar-refractivity contribution in [3.63, 3.8) is 0 Å². The van der Waals surface area contributed by atoms with E-state index in [9.17, 15) is 0 Å². The third-order valence-electron chi connectivity index (χ3n) is 2.37. The van der Waals surface area contributed by atoms with E-state index < -0.39 is 0 Å². The number of thioether (sulfide) groups is 1. The fraction of sp³-hybridized carbons (Fsp3) is 0.778. The molecule has 1 aromatic heterocycles. The molecule has 0 amide bonds. The van der Waals surface area contributed by atoms with Gasteiger partial charge in [0.05, 0.1) is 0 Å². The molecule has 4 nitrogen and oxygen atoms in total. The zero-order valence-corrected chi connectivity index (χ0v) is 8.92. The summed E-state index contributed by atoms with van der Waals surface area (Å²) >= 11 is 1.96. The van der Waals surface area contributed by atoms with Crippen molar-refractivity contribution in [3.8, 4) is 0 Å². The van der Waals surface area contributed by atoms with Crippen LogP contribution in [0.1, 0.15) is 30.5 Å². The first-order chi connectivity index (χ1) is 6.90. The maximum absolute atomic E-state index is 5.41. The van der Waals surface area contributed by atoms with Gasteiger partial charge < -0.3 is 10.3 Å². The van der Waals surface area contributed by atoms with Crippen LogP contribution in [0, 0.1) is 0 Å². The van der Waals surface area contributed by atoms with Crippen LogP contribution in [0.25, 0.3) is 0 Å². The smallest absolute Gasteiger partial charge is 0.226 e. The molecule has 1 fully saturated rings. The summed E-state index contributed by atoms with van der Waals surface area (Å²) in [7, 11) is 0. The van der Waals surface area contributed by atoms with E-state index in [-0.39, 0.29) is 0 Å². The Morgan fingerprint density at radius 2 is 2.50 bits per heavy atom. The molecule has 2 N–H and O–H groups in total. The van der Waals surface area contributed by atoms with Crippen LogP contribution in [0.15, 0.2) is 4.52 Å². The molecule has 78 valence electrons. The standard InChI is InChI=1S/C9H15N3OS/c10-4-1-2-8-11-9(12-13-8)7-3-5-14-6-7/h7H,1-6,10H2. The van der Waals surface area contributed by atoms with E-state index in [0.29, 0.717) is 12.5 Å². The van der Waals surface area contributed by atoms with Gasteiger partial charge in [-0.25, -0.2) is 0 Å². The minimum absolute atomic E-state index is 0.510. The largest absolute Gasteiger partial charge is 0.339 e. The number of aromatic nitrogens is 2. The Hall–Kier alpha value is -0.550. The van der Waals surface area contributed by atoms with Gasteiger partial charge in [-0.05, 0) is 25.1 Å². The highest BCUT2D eigenvalue weighted by molar-refractivity contribution is 7.99. The van der Waals surface area contributed by atoms with Crippen molar-refractivity contribution >= 4 is 11.8 Å². The van der Waals surface area contributed by atoms with Crippen LogP contribution >= 0.6 is 11.8 Å². The molecule has 1 aliphatic rings. The highest BCUT2D eigenvalue weighted by Crippen LogP contribution is 2.30. The molecule has 5 heteroatoms. The highest BCUT2D eigenvalue weighted by Gasteiger charge is 2.22. The van der Waals surface area contributed by atoms with E-state index in [1.54, 1.807) is 0 Å². The molecule has 2 heterocycles. The maximum atomic E-state index is 5.41. The maximum Gasteiger partial charge on any atom is 0.226 e. The molecule has 0 aliphatic carbocycles. The molecule has 1 aromatic rings. The third kappa shape index (κ3) is 2.27. The number of hydrogen-bond donors (Lipinski definition) is 1. The Labute approximate surface area is 87.6 Å². The Bertz CT molecular complexity index is 283. The summed E-state index contributed by atoms with van der Waals surface area (Å²) in [5.74, 6) is 4.49. The summed E-state index contributed by atoms with van der Waals surface area (Å²) in [6.07, 6.45) is 2.91. The Morgan fingerprint density at radius 3 is 3.21 bits per heavy atom. The van der Waals surface area contributed by atoms with E-state index in [0.717, 1.165) is 30.3 Å². The summed E-state index contributed by atoms with van der Waals surface area (Å²) < 4.78 is 5.15. The molecule has 0 radical (unpaired) electrons. The summed E-state index contributed by atoms with van der Waals surface area (Å²) in [6, 6.07) is 0. The van der Waals surface area contributed by atoms with Crippen LogP contribution < -0.4 is 5.73 Å². The lowest BCUT2D eigenvalue weighted by Gasteiger charge is -1.98. The highest BCUT2D eigenvalue weighted by atomic mass is 32.2. The molecule has 1 aliphatic heterocycles. The normalized spacial score (nSPS) is 21.6. The van der Waals surface area contributed by atoms with Crippen LogP contribution in [0.3, 0.4) is 0 Å². The lowest BCUT2D eigenvalue weighted by atomic mass is 10.1. The average molecular weight is 213 g/mol. The Kier molecular flexibility index (Phi) is 3.42. The fourth-order valence-corrected chi connectivity index (χ4v) is 2.74. The molecule has 14 heavy (non-hydrogen) atoms. The first-order valence-electron chi connectivity index (χ1n) is 5.00. The molecule has 1 atom stereocenters. The first-order valence-corrected chi connectivity index (χ1v) is 6.16. The lowest BCUT2D eigenvalue weighted by molar-refractivity contribution is 0.368. The molecule has 0 aromatic carbocycles. The number of aryl methyl sites for hydroxylation is 1. The molecule has 0 spiro atoms. The van der Waals surface area contributed by atoms with Crippen molar-refractivity contribution in [2.75, 3.05) is 18.1 Å². The second-order valence-corrected chi connectivity index (χ2v) is 4.65. The second-order valence-electron chi connectivity index (χ2n) is 3.50. The van der Waals surface area contributed by atoms with Gasteiger partial charge in [-0.3, -0.25) is 0 Å². The van der Waals surface area contributed by atoms with Crippen LogP contribution in [-0.2, 0) is 6.42 Å². The quantitative estimate of drug-likeness (QED) is 0.813. The SMILES string of the molecule is NCCCc1nc(C2CCSC2)no1. The van der Waals surface area contributed by atoms with Gasteiger partial charge in [0.15, 0.2) is 5.82 Å². The van der Waals surface area contributed by atoms with Gasteiger partial charge in [0.1, 0.15) is 0 Å². The fourth-order valence-electron chi connectivity index (χ4n) is 1.53. The van der Waals surface area contributed by atoms with Crippen molar-refractivity contribution in [2.45, 2.75) is 25.2 Å². The van der Waals surface area contributed by atoms with Crippen LogP contribution in [-0.4, -0.2) is 28.2 Å². The van der Waals surface area contributed by atoms with E-state index in [2.05, 4.69) is 10.1 Å². The Balaban J connectivity index is 1.94. The van der Waals surface area contributed by atoms with Crippen molar-refractivity contribution in [1.29, 1.82) is 0 Å². The molecular weight excluding hydrogens is 198 g/mol. The molecule has 2 rings (SSSR count). The van der Waals surface area contributed by atoms with E-state index in [1.165, 1.54) is 12.2 Å². The third-order valence-corrected chi connectivity index (χ3v) is 3.54. The van der Waals surface area contributed by atoms with E-state index >= 15 is 0 Å². The zero-order valence-electron chi connectivity index (χ0n) is 8.11. The number of rotatable bonds is 4. The van der Waals surface area contributed by atoms with Crippen molar-refractivity contribution in [3.05, 3.63) is 11.7 Å². The van der Waals surface area contributed by atoms with Gasteiger partial charge in [0, 0.05) is 18.1 Å². The van der Waals surface area contributed by atoms with Gasteiger partial charge in [-0.2, -0.15) is 16.7 Å². The van der Waals surface area contributed by atoms with E-state index in [1.807, 2.05) is 11.8 Å². The van der Waals surface area contributed by atoms with Gasteiger partial charge in [-0.1, -0.05) is 5.16 Å². The summed E-state index contributed by atoms with van der Waals surface area (Å²) in [5.41, 5.74) is 5.41. The van der Waals surface area contributed by atoms with Crippen molar-refractivity contribution in [1.82, 2.24) is 10.1 Å². The molecule has 0 saturated carbocycles. The summed E-state index contributed by atoms with van der Waals surface area (Å²) in [6.45, 7) is 0.678. The summed E-state index contributed by atoms with van der Waals surface area (Å²) in [5, 5.41) is 4.01. The van der Waals surface area contributed by atoms with Crippen LogP contribution in [0.2, 0.25) is 0 Å². The van der Waals surface area contributed by atoms with Gasteiger partial charge in [0.2, 0.25) is 5.89 Å². The minimum atomic E-state index is 0.510. The molecular formula is C9H15N3OS. The van der Waals surface area contributed by atoms with Crippen LogP contribution in [0.4, 0.5) is 0 Å². The molecule has 1 saturated heterocycles.